The zero-order chi connectivity index (χ0) is 14.4. The number of hydrogen-bond donors (Lipinski definition) is 0. The van der Waals surface area contributed by atoms with Gasteiger partial charge in [0.25, 0.3) is 0 Å². The van der Waals surface area contributed by atoms with Gasteiger partial charge in [-0.1, -0.05) is 0 Å². The fourth-order valence-electron chi connectivity index (χ4n) is 3.51. The maximum absolute atomic E-state index is 11.2. The highest BCUT2D eigenvalue weighted by Crippen LogP contribution is 2.40. The van der Waals surface area contributed by atoms with Crippen LogP contribution in [0.5, 0.6) is 0 Å². The van der Waals surface area contributed by atoms with Crippen LogP contribution in [0.2, 0.25) is 0 Å². The Morgan fingerprint density at radius 3 is 3.10 bits per heavy atom. The van der Waals surface area contributed by atoms with E-state index >= 15 is 0 Å². The van der Waals surface area contributed by atoms with Crippen LogP contribution in [0.25, 0.3) is 10.2 Å². The lowest BCUT2D eigenvalue weighted by atomic mass is 9.98. The van der Waals surface area contributed by atoms with Gasteiger partial charge in [-0.05, 0) is 37.7 Å². The standard InChI is InChI=1S/C15H17N3O2S/c19-15(20)9-3-2-6-18(7-9)13-12-10-4-1-5-11(10)21-14(12)17-8-16-13/h8-9H,1-7H2,(H,19,20)/p-1/t9-/m1/s1. The van der Waals surface area contributed by atoms with Crippen molar-refractivity contribution in [1.29, 1.82) is 0 Å². The van der Waals surface area contributed by atoms with Crippen LogP contribution in [0.4, 0.5) is 5.82 Å². The Balaban J connectivity index is 1.78. The highest BCUT2D eigenvalue weighted by Gasteiger charge is 2.27. The number of carboxylic acids is 1. The molecule has 0 unspecified atom stereocenters. The third kappa shape index (κ3) is 2.09. The first kappa shape index (κ1) is 13.0. The second-order valence-electron chi connectivity index (χ2n) is 5.84. The molecular weight excluding hydrogens is 286 g/mol. The van der Waals surface area contributed by atoms with Crippen molar-refractivity contribution in [3.63, 3.8) is 0 Å². The molecule has 0 N–H and O–H groups in total. The number of aromatic nitrogens is 2. The van der Waals surface area contributed by atoms with Crippen molar-refractivity contribution < 1.29 is 9.90 Å². The van der Waals surface area contributed by atoms with E-state index < -0.39 is 11.9 Å². The highest BCUT2D eigenvalue weighted by atomic mass is 32.1. The molecule has 0 amide bonds. The summed E-state index contributed by atoms with van der Waals surface area (Å²) in [5.41, 5.74) is 1.39. The summed E-state index contributed by atoms with van der Waals surface area (Å²) >= 11 is 1.77. The van der Waals surface area contributed by atoms with Crippen LogP contribution >= 0.6 is 11.3 Å². The van der Waals surface area contributed by atoms with Crippen LogP contribution < -0.4 is 10.0 Å². The molecule has 0 bridgehead atoms. The number of hydrogen-bond acceptors (Lipinski definition) is 6. The number of aliphatic carboxylic acids is 1. The maximum Gasteiger partial charge on any atom is 0.141 e. The minimum absolute atomic E-state index is 0.393. The van der Waals surface area contributed by atoms with Crippen molar-refractivity contribution in [3.05, 3.63) is 16.8 Å². The maximum atomic E-state index is 11.2. The molecule has 6 heteroatoms. The first-order valence-corrected chi connectivity index (χ1v) is 8.26. The van der Waals surface area contributed by atoms with Crippen molar-refractivity contribution in [2.75, 3.05) is 18.0 Å². The number of carbonyl (C=O) groups excluding carboxylic acids is 1. The Labute approximate surface area is 126 Å². The van der Waals surface area contributed by atoms with Crippen LogP contribution in [0, 0.1) is 5.92 Å². The second-order valence-corrected chi connectivity index (χ2v) is 6.92. The summed E-state index contributed by atoms with van der Waals surface area (Å²) in [5.74, 6) is -0.415. The molecule has 1 atom stereocenters. The fourth-order valence-corrected chi connectivity index (χ4v) is 4.74. The van der Waals surface area contributed by atoms with E-state index in [0.29, 0.717) is 13.0 Å². The summed E-state index contributed by atoms with van der Waals surface area (Å²) in [5, 5.41) is 12.3. The molecule has 1 saturated heterocycles. The van der Waals surface area contributed by atoms with Crippen molar-refractivity contribution >= 4 is 33.3 Å². The van der Waals surface area contributed by atoms with Gasteiger partial charge in [-0.3, -0.25) is 0 Å². The molecule has 0 saturated carbocycles. The van der Waals surface area contributed by atoms with Gasteiger partial charge in [0.2, 0.25) is 0 Å². The average Bonchev–Trinajstić information content (AvgIpc) is 3.07. The Morgan fingerprint density at radius 2 is 2.24 bits per heavy atom. The monoisotopic (exact) mass is 302 g/mol. The summed E-state index contributed by atoms with van der Waals surface area (Å²) in [6, 6.07) is 0. The third-order valence-electron chi connectivity index (χ3n) is 4.54. The van der Waals surface area contributed by atoms with Gasteiger partial charge in [0, 0.05) is 29.9 Å². The molecule has 0 aromatic carbocycles. The van der Waals surface area contributed by atoms with E-state index in [1.807, 2.05) is 0 Å². The van der Waals surface area contributed by atoms with Crippen LogP contribution in [-0.4, -0.2) is 29.0 Å². The summed E-state index contributed by atoms with van der Waals surface area (Å²) in [7, 11) is 0. The molecule has 21 heavy (non-hydrogen) atoms. The molecule has 4 rings (SSSR count). The normalized spacial score (nSPS) is 21.7. The van der Waals surface area contributed by atoms with Gasteiger partial charge in [-0.15, -0.1) is 11.3 Å². The average molecular weight is 302 g/mol. The van der Waals surface area contributed by atoms with Gasteiger partial charge in [-0.25, -0.2) is 9.97 Å². The molecule has 1 aliphatic heterocycles. The molecule has 0 radical (unpaired) electrons. The van der Waals surface area contributed by atoms with Gasteiger partial charge in [-0.2, -0.15) is 0 Å². The van der Waals surface area contributed by atoms with Gasteiger partial charge >= 0.3 is 0 Å². The molecule has 3 heterocycles. The van der Waals surface area contributed by atoms with E-state index in [0.717, 1.165) is 41.8 Å². The number of aryl methyl sites for hydroxylation is 2. The minimum Gasteiger partial charge on any atom is -0.550 e. The molecule has 1 aliphatic carbocycles. The summed E-state index contributed by atoms with van der Waals surface area (Å²) in [6.07, 6.45) is 6.61. The summed E-state index contributed by atoms with van der Waals surface area (Å²) in [4.78, 5) is 24.6. The number of carbonyl (C=O) groups is 1. The second kappa shape index (κ2) is 4.94. The first-order chi connectivity index (χ1) is 10.2. The summed E-state index contributed by atoms with van der Waals surface area (Å²) < 4.78 is 0. The third-order valence-corrected chi connectivity index (χ3v) is 5.74. The van der Waals surface area contributed by atoms with Crippen molar-refractivity contribution in [3.8, 4) is 0 Å². The molecule has 1 fully saturated rings. The number of nitrogens with zero attached hydrogens (tertiary/aromatic N) is 3. The van der Waals surface area contributed by atoms with Gasteiger partial charge in [0.15, 0.2) is 0 Å². The molecule has 0 spiro atoms. The number of carboxylic acid groups (broad SMARTS) is 1. The first-order valence-electron chi connectivity index (χ1n) is 7.45. The topological polar surface area (TPSA) is 69.2 Å². The number of rotatable bonds is 2. The lowest BCUT2D eigenvalue weighted by Gasteiger charge is -2.34. The molecule has 2 aliphatic rings. The van der Waals surface area contributed by atoms with Gasteiger partial charge in [0.1, 0.15) is 17.0 Å². The number of thiophene rings is 1. The Morgan fingerprint density at radius 1 is 1.33 bits per heavy atom. The van der Waals surface area contributed by atoms with Crippen LogP contribution in [0.1, 0.15) is 29.7 Å². The van der Waals surface area contributed by atoms with E-state index in [1.54, 1.807) is 17.7 Å². The number of fused-ring (bicyclic) bond motifs is 3. The van der Waals surface area contributed by atoms with Gasteiger partial charge < -0.3 is 14.8 Å². The SMILES string of the molecule is O=C([O-])[C@@H]1CCCN(c2ncnc3sc4c(c23)CCC4)C1. The minimum atomic E-state index is -0.944. The van der Waals surface area contributed by atoms with Crippen molar-refractivity contribution in [2.24, 2.45) is 5.92 Å². The molecule has 110 valence electrons. The predicted octanol–water partition coefficient (Wildman–Crippen LogP) is 1.15. The molecular formula is C15H16N3O2S-. The Kier molecular flexibility index (Phi) is 3.06. The predicted molar refractivity (Wildman–Crippen MR) is 79.4 cm³/mol. The van der Waals surface area contributed by atoms with E-state index in [-0.39, 0.29) is 0 Å². The Bertz CT molecular complexity index is 712. The number of piperidine rings is 1. The quantitative estimate of drug-likeness (QED) is 0.832. The molecule has 5 nitrogen and oxygen atoms in total. The van der Waals surface area contributed by atoms with E-state index in [9.17, 15) is 9.90 Å². The van der Waals surface area contributed by atoms with Crippen molar-refractivity contribution in [1.82, 2.24) is 9.97 Å². The van der Waals surface area contributed by atoms with Crippen molar-refractivity contribution in [2.45, 2.75) is 32.1 Å². The molecule has 2 aromatic heterocycles. The highest BCUT2D eigenvalue weighted by molar-refractivity contribution is 7.19. The number of anilines is 1. The van der Waals surface area contributed by atoms with E-state index in [2.05, 4.69) is 14.9 Å². The zero-order valence-electron chi connectivity index (χ0n) is 11.7. The van der Waals surface area contributed by atoms with Crippen LogP contribution in [0.3, 0.4) is 0 Å². The lowest BCUT2D eigenvalue weighted by molar-refractivity contribution is -0.311. The smallest absolute Gasteiger partial charge is 0.141 e. The Hall–Kier alpha value is -1.69. The zero-order valence-corrected chi connectivity index (χ0v) is 12.5. The lowest BCUT2D eigenvalue weighted by Crippen LogP contribution is -2.44. The fraction of sp³-hybridized carbons (Fsp3) is 0.533. The van der Waals surface area contributed by atoms with E-state index in [1.165, 1.54) is 16.9 Å². The summed E-state index contributed by atoms with van der Waals surface area (Å²) in [6.45, 7) is 1.36. The van der Waals surface area contributed by atoms with Crippen LogP contribution in [-0.2, 0) is 17.6 Å². The molecule has 2 aromatic rings. The van der Waals surface area contributed by atoms with E-state index in [4.69, 9.17) is 0 Å². The largest absolute Gasteiger partial charge is 0.550 e. The van der Waals surface area contributed by atoms with Crippen LogP contribution in [0.15, 0.2) is 6.33 Å². The van der Waals surface area contributed by atoms with Gasteiger partial charge in [0.05, 0.1) is 5.39 Å².